The molecule has 1 aliphatic heterocycles. The van der Waals surface area contributed by atoms with Gasteiger partial charge in [0.25, 0.3) is 0 Å². The van der Waals surface area contributed by atoms with E-state index >= 15 is 0 Å². The van der Waals surface area contributed by atoms with E-state index in [2.05, 4.69) is 62.0 Å². The maximum absolute atomic E-state index is 6.21. The first-order valence-electron chi connectivity index (χ1n) is 12.4. The molecular weight excluding hydrogens is 454 g/mol. The average molecular weight is 492 g/mol. The molecule has 0 radical (unpaired) electrons. The normalized spacial score (nSPS) is 20.0. The number of benzene rings is 2. The van der Waals surface area contributed by atoms with Crippen molar-refractivity contribution in [2.75, 3.05) is 25.0 Å². The number of nitrogens with two attached hydrogens (primary N) is 1. The second-order valence-electron chi connectivity index (χ2n) is 9.93. The summed E-state index contributed by atoms with van der Waals surface area (Å²) in [6.07, 6.45) is 1.25. The highest BCUT2D eigenvalue weighted by molar-refractivity contribution is 7.14. The van der Waals surface area contributed by atoms with E-state index in [1.54, 1.807) is 0 Å². The number of aryl methyl sites for hydroxylation is 2. The van der Waals surface area contributed by atoms with E-state index in [0.29, 0.717) is 5.96 Å². The van der Waals surface area contributed by atoms with Crippen molar-refractivity contribution in [1.82, 2.24) is 9.88 Å². The van der Waals surface area contributed by atoms with Gasteiger partial charge in [0.05, 0.1) is 11.7 Å². The summed E-state index contributed by atoms with van der Waals surface area (Å²) in [6, 6.07) is 14.3. The van der Waals surface area contributed by atoms with E-state index in [0.717, 1.165) is 64.9 Å². The molecule has 1 aromatic heterocycles. The summed E-state index contributed by atoms with van der Waals surface area (Å²) in [5.74, 6) is 3.58. The lowest BCUT2D eigenvalue weighted by atomic mass is 9.88. The van der Waals surface area contributed by atoms with Gasteiger partial charge >= 0.3 is 0 Å². The molecule has 1 saturated heterocycles. The highest BCUT2D eigenvalue weighted by Gasteiger charge is 2.23. The minimum absolute atomic E-state index is 0.126. The molecule has 0 amide bonds. The van der Waals surface area contributed by atoms with Crippen LogP contribution in [0.4, 0.5) is 5.13 Å². The van der Waals surface area contributed by atoms with Gasteiger partial charge in [-0.1, -0.05) is 43.7 Å². The van der Waals surface area contributed by atoms with Gasteiger partial charge in [-0.25, -0.2) is 9.98 Å². The SMILES string of the molecule is Cc1ccc(Oc2cccc(-c3csc(NC(N)=NC(C)CN4CCC(C)C(C)C4)n3)c2)c(C)c1. The Morgan fingerprint density at radius 3 is 2.83 bits per heavy atom. The van der Waals surface area contributed by atoms with Crippen molar-refractivity contribution in [3.63, 3.8) is 0 Å². The Bertz CT molecular complexity index is 1170. The molecule has 1 aliphatic rings. The number of guanidine groups is 1. The molecule has 2 heterocycles. The summed E-state index contributed by atoms with van der Waals surface area (Å²) in [5.41, 5.74) is 10.4. The third kappa shape index (κ3) is 6.83. The molecule has 3 aromatic rings. The van der Waals surface area contributed by atoms with E-state index < -0.39 is 0 Å². The molecule has 35 heavy (non-hydrogen) atoms. The quantitative estimate of drug-likeness (QED) is 0.299. The molecule has 3 atom stereocenters. The maximum atomic E-state index is 6.21. The fourth-order valence-electron chi connectivity index (χ4n) is 4.53. The molecule has 0 spiro atoms. The summed E-state index contributed by atoms with van der Waals surface area (Å²) in [5, 5.41) is 5.92. The number of thiazole rings is 1. The molecule has 4 rings (SSSR count). The zero-order valence-corrected chi connectivity index (χ0v) is 22.2. The van der Waals surface area contributed by atoms with Crippen LogP contribution in [0.15, 0.2) is 52.8 Å². The van der Waals surface area contributed by atoms with Gasteiger partial charge in [-0.3, -0.25) is 0 Å². The van der Waals surface area contributed by atoms with Crippen molar-refractivity contribution in [2.45, 2.75) is 47.1 Å². The van der Waals surface area contributed by atoms with Crippen molar-refractivity contribution in [1.29, 1.82) is 0 Å². The second-order valence-corrected chi connectivity index (χ2v) is 10.8. The van der Waals surface area contributed by atoms with Crippen LogP contribution in [0.5, 0.6) is 11.5 Å². The summed E-state index contributed by atoms with van der Waals surface area (Å²) in [4.78, 5) is 11.9. The number of hydrogen-bond donors (Lipinski definition) is 2. The van der Waals surface area contributed by atoms with E-state index in [-0.39, 0.29) is 6.04 Å². The van der Waals surface area contributed by atoms with Gasteiger partial charge in [0.2, 0.25) is 0 Å². The summed E-state index contributed by atoms with van der Waals surface area (Å²) < 4.78 is 6.13. The van der Waals surface area contributed by atoms with Gasteiger partial charge in [-0.15, -0.1) is 11.3 Å². The second kappa shape index (κ2) is 11.2. The first-order chi connectivity index (χ1) is 16.8. The first kappa shape index (κ1) is 25.2. The molecule has 2 aromatic carbocycles. The van der Waals surface area contributed by atoms with Gasteiger partial charge in [-0.2, -0.15) is 0 Å². The number of nitrogens with one attached hydrogen (secondary N) is 1. The summed E-state index contributed by atoms with van der Waals surface area (Å²) >= 11 is 1.52. The van der Waals surface area contributed by atoms with E-state index in [9.17, 15) is 0 Å². The van der Waals surface area contributed by atoms with Gasteiger partial charge < -0.3 is 20.7 Å². The van der Waals surface area contributed by atoms with Crippen LogP contribution in [0.1, 0.15) is 38.3 Å². The van der Waals surface area contributed by atoms with Crippen LogP contribution in [0, 0.1) is 25.7 Å². The average Bonchev–Trinajstić information content (AvgIpc) is 3.26. The Hall–Kier alpha value is -2.90. The van der Waals surface area contributed by atoms with E-state index in [1.807, 2.05) is 35.7 Å². The van der Waals surface area contributed by atoms with Crippen molar-refractivity contribution in [2.24, 2.45) is 22.6 Å². The third-order valence-electron chi connectivity index (χ3n) is 6.73. The summed E-state index contributed by atoms with van der Waals surface area (Å²) in [7, 11) is 0. The molecule has 3 N–H and O–H groups in total. The molecule has 7 heteroatoms. The van der Waals surface area contributed by atoms with E-state index in [1.165, 1.54) is 23.3 Å². The number of aliphatic imine (C=N–C) groups is 1. The molecule has 6 nitrogen and oxygen atoms in total. The lowest BCUT2D eigenvalue weighted by molar-refractivity contribution is 0.134. The van der Waals surface area contributed by atoms with Crippen molar-refractivity contribution < 1.29 is 4.74 Å². The van der Waals surface area contributed by atoms with Gasteiger partial charge in [0.15, 0.2) is 11.1 Å². The Morgan fingerprint density at radius 1 is 1.23 bits per heavy atom. The van der Waals surface area contributed by atoms with Gasteiger partial charge in [0, 0.05) is 24.0 Å². The van der Waals surface area contributed by atoms with E-state index in [4.69, 9.17) is 15.5 Å². The number of rotatable bonds is 7. The fourth-order valence-corrected chi connectivity index (χ4v) is 5.26. The van der Waals surface area contributed by atoms with Crippen LogP contribution in [-0.4, -0.2) is 41.5 Å². The number of piperidine rings is 1. The Kier molecular flexibility index (Phi) is 8.08. The fraction of sp³-hybridized carbons (Fsp3) is 0.429. The van der Waals surface area contributed by atoms with Crippen LogP contribution in [0.2, 0.25) is 0 Å². The van der Waals surface area contributed by atoms with Crippen LogP contribution in [-0.2, 0) is 0 Å². The first-order valence-corrected chi connectivity index (χ1v) is 13.3. The predicted octanol–water partition coefficient (Wildman–Crippen LogP) is 6.31. The zero-order valence-electron chi connectivity index (χ0n) is 21.4. The number of ether oxygens (including phenoxy) is 1. The molecular formula is C28H37N5OS. The van der Waals surface area contributed by atoms with Crippen LogP contribution < -0.4 is 15.8 Å². The molecule has 0 saturated carbocycles. The number of anilines is 1. The van der Waals surface area contributed by atoms with Crippen molar-refractivity contribution >= 4 is 22.4 Å². The number of aromatic nitrogens is 1. The minimum atomic E-state index is 0.126. The van der Waals surface area contributed by atoms with Crippen LogP contribution in [0.3, 0.4) is 0 Å². The maximum Gasteiger partial charge on any atom is 0.195 e. The Balaban J connectivity index is 1.37. The predicted molar refractivity (Wildman–Crippen MR) is 148 cm³/mol. The minimum Gasteiger partial charge on any atom is -0.457 e. The molecule has 0 bridgehead atoms. The number of likely N-dealkylation sites (tertiary alicyclic amines) is 1. The molecule has 1 fully saturated rings. The third-order valence-corrected chi connectivity index (χ3v) is 7.49. The largest absolute Gasteiger partial charge is 0.457 e. The number of nitrogens with zero attached hydrogens (tertiary/aromatic N) is 3. The van der Waals surface area contributed by atoms with Crippen molar-refractivity contribution in [3.8, 4) is 22.8 Å². The standard InChI is InChI=1S/C28H37N5OS/c1-18-9-10-26(20(3)13-18)34-24-8-6-7-23(14-24)25-17-35-28(31-25)32-27(29)30-22(5)16-33-12-11-19(2)21(4)15-33/h6-10,13-14,17,19,21-22H,11-12,15-16H2,1-5H3,(H3,29,30,31,32). The monoisotopic (exact) mass is 491 g/mol. The van der Waals surface area contributed by atoms with Crippen molar-refractivity contribution in [3.05, 3.63) is 59.0 Å². The lowest BCUT2D eigenvalue weighted by Crippen LogP contribution is -2.41. The Labute approximate surface area is 213 Å². The Morgan fingerprint density at radius 2 is 2.06 bits per heavy atom. The lowest BCUT2D eigenvalue weighted by Gasteiger charge is -2.36. The smallest absolute Gasteiger partial charge is 0.195 e. The summed E-state index contributed by atoms with van der Waals surface area (Å²) in [6.45, 7) is 14.1. The molecule has 0 aliphatic carbocycles. The topological polar surface area (TPSA) is 75.8 Å². The molecule has 186 valence electrons. The highest BCUT2D eigenvalue weighted by Crippen LogP contribution is 2.31. The van der Waals surface area contributed by atoms with Gasteiger partial charge in [0.1, 0.15) is 11.5 Å². The highest BCUT2D eigenvalue weighted by atomic mass is 32.1. The van der Waals surface area contributed by atoms with Crippen LogP contribution >= 0.6 is 11.3 Å². The number of hydrogen-bond acceptors (Lipinski definition) is 5. The van der Waals surface area contributed by atoms with Crippen LogP contribution in [0.25, 0.3) is 11.3 Å². The van der Waals surface area contributed by atoms with Gasteiger partial charge in [-0.05, 0) is 69.3 Å². The molecule has 3 unspecified atom stereocenters. The zero-order chi connectivity index (χ0) is 24.9.